The number of hydrogen-bond donors (Lipinski definition) is 2. The summed E-state index contributed by atoms with van der Waals surface area (Å²) < 4.78 is 26.5. The smallest absolute Gasteiger partial charge is 0.240 e. The van der Waals surface area contributed by atoms with Gasteiger partial charge in [0.1, 0.15) is 0 Å². The van der Waals surface area contributed by atoms with E-state index >= 15 is 0 Å². The molecule has 0 fully saturated rings. The first kappa shape index (κ1) is 15.1. The molecule has 5 heteroatoms. The van der Waals surface area contributed by atoms with Crippen LogP contribution in [0.1, 0.15) is 31.7 Å². The van der Waals surface area contributed by atoms with E-state index in [2.05, 4.69) is 17.0 Å². The van der Waals surface area contributed by atoms with Crippen LogP contribution in [0, 0.1) is 0 Å². The van der Waals surface area contributed by atoms with E-state index < -0.39 is 10.0 Å². The monoisotopic (exact) mass is 270 g/mol. The molecule has 0 atom stereocenters. The van der Waals surface area contributed by atoms with Gasteiger partial charge in [-0.1, -0.05) is 31.9 Å². The molecular weight excluding hydrogens is 248 g/mol. The molecule has 0 amide bonds. The maximum absolute atomic E-state index is 11.9. The lowest BCUT2D eigenvalue weighted by atomic mass is 10.2. The quantitative estimate of drug-likeness (QED) is 0.709. The van der Waals surface area contributed by atoms with Gasteiger partial charge in [0.2, 0.25) is 10.0 Å². The highest BCUT2D eigenvalue weighted by atomic mass is 32.2. The molecule has 0 aliphatic rings. The number of benzene rings is 1. The van der Waals surface area contributed by atoms with Crippen molar-refractivity contribution in [2.75, 3.05) is 13.6 Å². The summed E-state index contributed by atoms with van der Waals surface area (Å²) in [4.78, 5) is 0.332. The summed E-state index contributed by atoms with van der Waals surface area (Å²) in [6.45, 7) is 3.34. The Balaban J connectivity index is 2.61. The van der Waals surface area contributed by atoms with Gasteiger partial charge in [0, 0.05) is 13.1 Å². The first-order chi connectivity index (χ1) is 8.60. The van der Waals surface area contributed by atoms with Crippen molar-refractivity contribution < 1.29 is 8.42 Å². The summed E-state index contributed by atoms with van der Waals surface area (Å²) in [6, 6.07) is 6.96. The van der Waals surface area contributed by atoms with Crippen molar-refractivity contribution in [2.24, 2.45) is 0 Å². The molecule has 0 saturated carbocycles. The SMILES string of the molecule is CCCCCNS(=O)(=O)c1ccc(CNC)cc1. The van der Waals surface area contributed by atoms with E-state index in [1.807, 2.05) is 19.2 Å². The zero-order valence-electron chi connectivity index (χ0n) is 11.1. The standard InChI is InChI=1S/C13H22N2O2S/c1-3-4-5-10-15-18(16,17)13-8-6-12(7-9-13)11-14-2/h6-9,14-15H,3-5,10-11H2,1-2H3. The maximum Gasteiger partial charge on any atom is 0.240 e. The van der Waals surface area contributed by atoms with Gasteiger partial charge in [0.25, 0.3) is 0 Å². The Morgan fingerprint density at radius 1 is 1.11 bits per heavy atom. The van der Waals surface area contributed by atoms with Crippen molar-refractivity contribution in [2.45, 2.75) is 37.6 Å². The fourth-order valence-corrected chi connectivity index (χ4v) is 2.73. The van der Waals surface area contributed by atoms with Crippen LogP contribution in [0.15, 0.2) is 29.2 Å². The van der Waals surface area contributed by atoms with Gasteiger partial charge in [-0.3, -0.25) is 0 Å². The van der Waals surface area contributed by atoms with E-state index in [0.717, 1.165) is 31.4 Å². The second-order valence-corrected chi connectivity index (χ2v) is 6.05. The van der Waals surface area contributed by atoms with Gasteiger partial charge in [-0.2, -0.15) is 0 Å². The predicted molar refractivity (Wildman–Crippen MR) is 73.9 cm³/mol. The summed E-state index contributed by atoms with van der Waals surface area (Å²) >= 11 is 0. The number of rotatable bonds is 8. The van der Waals surface area contributed by atoms with Gasteiger partial charge in [0.15, 0.2) is 0 Å². The van der Waals surface area contributed by atoms with Crippen LogP contribution in [0.5, 0.6) is 0 Å². The third kappa shape index (κ3) is 4.76. The molecule has 0 aliphatic carbocycles. The topological polar surface area (TPSA) is 58.2 Å². The van der Waals surface area contributed by atoms with Gasteiger partial charge in [-0.25, -0.2) is 13.1 Å². The van der Waals surface area contributed by atoms with Crippen LogP contribution in [0.4, 0.5) is 0 Å². The van der Waals surface area contributed by atoms with Crippen LogP contribution >= 0.6 is 0 Å². The summed E-state index contributed by atoms with van der Waals surface area (Å²) in [5.74, 6) is 0. The van der Waals surface area contributed by atoms with Crippen LogP contribution in [0.2, 0.25) is 0 Å². The minimum absolute atomic E-state index is 0.332. The van der Waals surface area contributed by atoms with E-state index in [0.29, 0.717) is 11.4 Å². The lowest BCUT2D eigenvalue weighted by Crippen LogP contribution is -2.24. The summed E-state index contributed by atoms with van der Waals surface area (Å²) in [7, 11) is -1.48. The zero-order valence-corrected chi connectivity index (χ0v) is 11.9. The van der Waals surface area contributed by atoms with Crippen molar-refractivity contribution in [3.63, 3.8) is 0 Å². The molecule has 0 radical (unpaired) electrons. The van der Waals surface area contributed by atoms with Crippen molar-refractivity contribution in [1.29, 1.82) is 0 Å². The molecule has 102 valence electrons. The van der Waals surface area contributed by atoms with Gasteiger partial charge in [0.05, 0.1) is 4.90 Å². The minimum atomic E-state index is -3.34. The van der Waals surface area contributed by atoms with Gasteiger partial charge in [-0.05, 0) is 31.2 Å². The second kappa shape index (κ2) is 7.51. The molecule has 0 aromatic heterocycles. The number of sulfonamides is 1. The highest BCUT2D eigenvalue weighted by Crippen LogP contribution is 2.10. The van der Waals surface area contributed by atoms with Crippen molar-refractivity contribution in [3.05, 3.63) is 29.8 Å². The summed E-state index contributed by atoms with van der Waals surface area (Å²) in [6.07, 6.45) is 3.01. The Hall–Kier alpha value is -0.910. The molecule has 0 bridgehead atoms. The Labute approximate surface area is 110 Å². The average molecular weight is 270 g/mol. The molecule has 0 unspecified atom stereocenters. The molecule has 18 heavy (non-hydrogen) atoms. The highest BCUT2D eigenvalue weighted by Gasteiger charge is 2.12. The molecule has 1 rings (SSSR count). The third-order valence-corrected chi connectivity index (χ3v) is 4.16. The van der Waals surface area contributed by atoms with Crippen molar-refractivity contribution >= 4 is 10.0 Å². The van der Waals surface area contributed by atoms with Crippen molar-refractivity contribution in [1.82, 2.24) is 10.0 Å². The molecule has 1 aromatic carbocycles. The first-order valence-electron chi connectivity index (χ1n) is 6.33. The van der Waals surface area contributed by atoms with Crippen LogP contribution in [-0.4, -0.2) is 22.0 Å². The Morgan fingerprint density at radius 2 is 1.78 bits per heavy atom. The van der Waals surface area contributed by atoms with Crippen LogP contribution in [0.3, 0.4) is 0 Å². The molecule has 1 aromatic rings. The Morgan fingerprint density at radius 3 is 2.33 bits per heavy atom. The van der Waals surface area contributed by atoms with E-state index in [1.165, 1.54) is 0 Å². The van der Waals surface area contributed by atoms with E-state index in [1.54, 1.807) is 12.1 Å². The molecule has 0 aliphatic heterocycles. The normalized spacial score (nSPS) is 11.7. The van der Waals surface area contributed by atoms with Gasteiger partial charge < -0.3 is 5.32 Å². The van der Waals surface area contributed by atoms with Gasteiger partial charge in [-0.15, -0.1) is 0 Å². The molecule has 0 spiro atoms. The molecule has 0 heterocycles. The zero-order chi connectivity index (χ0) is 13.4. The lowest BCUT2D eigenvalue weighted by Gasteiger charge is -2.07. The number of unbranched alkanes of at least 4 members (excludes halogenated alkanes) is 2. The van der Waals surface area contributed by atoms with Crippen molar-refractivity contribution in [3.8, 4) is 0 Å². The summed E-state index contributed by atoms with van der Waals surface area (Å²) in [5.41, 5.74) is 1.07. The van der Waals surface area contributed by atoms with Crippen LogP contribution in [0.25, 0.3) is 0 Å². The second-order valence-electron chi connectivity index (χ2n) is 4.28. The maximum atomic E-state index is 11.9. The molecule has 2 N–H and O–H groups in total. The highest BCUT2D eigenvalue weighted by molar-refractivity contribution is 7.89. The number of hydrogen-bond acceptors (Lipinski definition) is 3. The fraction of sp³-hybridized carbons (Fsp3) is 0.538. The minimum Gasteiger partial charge on any atom is -0.316 e. The fourth-order valence-electron chi connectivity index (χ4n) is 1.66. The summed E-state index contributed by atoms with van der Waals surface area (Å²) in [5, 5.41) is 3.03. The number of nitrogens with one attached hydrogen (secondary N) is 2. The molecule has 4 nitrogen and oxygen atoms in total. The average Bonchev–Trinajstić information content (AvgIpc) is 2.36. The predicted octanol–water partition coefficient (Wildman–Crippen LogP) is 1.87. The third-order valence-electron chi connectivity index (χ3n) is 2.69. The largest absolute Gasteiger partial charge is 0.316 e. The molecule has 0 saturated heterocycles. The molecular formula is C13H22N2O2S. The van der Waals surface area contributed by atoms with Crippen LogP contribution < -0.4 is 10.0 Å². The first-order valence-corrected chi connectivity index (χ1v) is 7.81. The lowest BCUT2D eigenvalue weighted by molar-refractivity contribution is 0.576. The van der Waals surface area contributed by atoms with Gasteiger partial charge >= 0.3 is 0 Å². The van der Waals surface area contributed by atoms with E-state index in [9.17, 15) is 8.42 Å². The van der Waals surface area contributed by atoms with Crippen LogP contribution in [-0.2, 0) is 16.6 Å². The van der Waals surface area contributed by atoms with E-state index in [4.69, 9.17) is 0 Å². The van der Waals surface area contributed by atoms with E-state index in [-0.39, 0.29) is 0 Å². The Bertz CT molecular complexity index is 441. The Kier molecular flexibility index (Phi) is 6.32.